The van der Waals surface area contributed by atoms with Crippen LogP contribution in [-0.2, 0) is 21.4 Å². The molecule has 166 valence electrons. The van der Waals surface area contributed by atoms with E-state index in [-0.39, 0.29) is 29.1 Å². The van der Waals surface area contributed by atoms with Crippen LogP contribution in [-0.4, -0.2) is 35.7 Å². The van der Waals surface area contributed by atoms with Gasteiger partial charge in [0.15, 0.2) is 11.6 Å². The Morgan fingerprint density at radius 3 is 2.26 bits per heavy atom. The Bertz CT molecular complexity index is 1170. The quantitative estimate of drug-likeness (QED) is 0.513. The van der Waals surface area contributed by atoms with Crippen molar-refractivity contribution in [3.63, 3.8) is 0 Å². The van der Waals surface area contributed by atoms with Gasteiger partial charge in [0.1, 0.15) is 11.6 Å². The van der Waals surface area contributed by atoms with Crippen molar-refractivity contribution in [2.45, 2.75) is 30.5 Å². The van der Waals surface area contributed by atoms with E-state index in [2.05, 4.69) is 4.98 Å². The molecule has 11 heteroatoms. The molecule has 0 saturated heterocycles. The number of aromatic nitrogens is 2. The third-order valence-corrected chi connectivity index (χ3v) is 5.73. The lowest BCUT2D eigenvalue weighted by Crippen LogP contribution is -2.19. The van der Waals surface area contributed by atoms with Gasteiger partial charge in [-0.3, -0.25) is 4.55 Å². The summed E-state index contributed by atoms with van der Waals surface area (Å²) >= 11 is 5.92. The average Bonchev–Trinajstić information content (AvgIpc) is 3.11. The number of ether oxygens (including phenoxy) is 1. The third kappa shape index (κ3) is 5.09. The van der Waals surface area contributed by atoms with Crippen molar-refractivity contribution >= 4 is 21.7 Å². The fraction of sp³-hybridized carbons (Fsp3) is 0.250. The van der Waals surface area contributed by atoms with Crippen LogP contribution in [0.4, 0.5) is 13.2 Å². The molecule has 3 rings (SSSR count). The number of methoxy groups -OCH3 is 1. The molecular formula is C20H18ClF3N2O4S. The molecule has 1 N–H and O–H groups in total. The monoisotopic (exact) mass is 474 g/mol. The standard InChI is InChI=1S/C20H18ClF3N2O4S/c1-11(30-2)9-26-10-18(31(27,28)29)25-20(26)19(12-3-5-15(22)14(21)7-12)13-4-6-16(23)17(24)8-13/h3-8,10-11,19H,9H2,1-2H3,(H,27,28,29). The molecule has 0 spiro atoms. The average molecular weight is 475 g/mol. The summed E-state index contributed by atoms with van der Waals surface area (Å²) in [5.41, 5.74) is 0.552. The van der Waals surface area contributed by atoms with E-state index in [1.54, 1.807) is 6.92 Å². The second-order valence-corrected chi connectivity index (χ2v) is 8.67. The molecule has 2 atom stereocenters. The molecule has 0 fully saturated rings. The molecule has 1 heterocycles. The molecule has 0 aliphatic heterocycles. The van der Waals surface area contributed by atoms with Gasteiger partial charge in [0, 0.05) is 19.9 Å². The lowest BCUT2D eigenvalue weighted by Gasteiger charge is -2.21. The first-order valence-corrected chi connectivity index (χ1v) is 10.8. The van der Waals surface area contributed by atoms with Crippen LogP contribution in [0.3, 0.4) is 0 Å². The van der Waals surface area contributed by atoms with E-state index in [9.17, 15) is 26.1 Å². The number of imidazole rings is 1. The summed E-state index contributed by atoms with van der Waals surface area (Å²) in [6, 6.07) is 6.90. The minimum absolute atomic E-state index is 0.0743. The fourth-order valence-corrected chi connectivity index (χ4v) is 3.79. The third-order valence-electron chi connectivity index (χ3n) is 4.72. The highest BCUT2D eigenvalue weighted by Gasteiger charge is 2.28. The summed E-state index contributed by atoms with van der Waals surface area (Å²) in [5.74, 6) is -3.79. The van der Waals surface area contributed by atoms with E-state index in [4.69, 9.17) is 16.3 Å². The van der Waals surface area contributed by atoms with Gasteiger partial charge in [-0.1, -0.05) is 23.7 Å². The molecule has 0 amide bonds. The minimum atomic E-state index is -4.67. The molecule has 2 unspecified atom stereocenters. The van der Waals surface area contributed by atoms with Crippen molar-refractivity contribution in [3.8, 4) is 0 Å². The van der Waals surface area contributed by atoms with Gasteiger partial charge in [0.05, 0.1) is 17.0 Å². The summed E-state index contributed by atoms with van der Waals surface area (Å²) in [7, 11) is -3.21. The van der Waals surface area contributed by atoms with Crippen molar-refractivity contribution in [1.29, 1.82) is 0 Å². The molecule has 0 bridgehead atoms. The largest absolute Gasteiger partial charge is 0.380 e. The number of halogens is 4. The highest BCUT2D eigenvalue weighted by molar-refractivity contribution is 7.85. The van der Waals surface area contributed by atoms with Crippen LogP contribution in [0.2, 0.25) is 5.02 Å². The molecule has 1 aromatic heterocycles. The van der Waals surface area contributed by atoms with Crippen LogP contribution in [0, 0.1) is 17.5 Å². The minimum Gasteiger partial charge on any atom is -0.380 e. The van der Waals surface area contributed by atoms with Crippen LogP contribution in [0.5, 0.6) is 0 Å². The van der Waals surface area contributed by atoms with Gasteiger partial charge in [0.25, 0.3) is 0 Å². The normalized spacial score (nSPS) is 13.9. The van der Waals surface area contributed by atoms with Crippen LogP contribution < -0.4 is 0 Å². The number of hydrogen-bond acceptors (Lipinski definition) is 4. The Labute approximate surface area is 182 Å². The SMILES string of the molecule is COC(C)Cn1cc(S(=O)(=O)O)nc1C(c1ccc(F)c(F)c1)c1ccc(F)c(Cl)c1. The first kappa shape index (κ1) is 23.3. The Kier molecular flexibility index (Phi) is 6.75. The zero-order chi connectivity index (χ0) is 22.9. The Balaban J connectivity index is 2.29. The Morgan fingerprint density at radius 2 is 1.71 bits per heavy atom. The zero-order valence-electron chi connectivity index (χ0n) is 16.4. The van der Waals surface area contributed by atoms with Gasteiger partial charge in [-0.25, -0.2) is 18.2 Å². The number of nitrogens with zero attached hydrogens (tertiary/aromatic N) is 2. The van der Waals surface area contributed by atoms with Crippen LogP contribution in [0.15, 0.2) is 47.6 Å². The first-order chi connectivity index (χ1) is 14.5. The van der Waals surface area contributed by atoms with Gasteiger partial charge >= 0.3 is 10.1 Å². The maximum Gasteiger partial charge on any atom is 0.313 e. The van der Waals surface area contributed by atoms with E-state index in [1.165, 1.54) is 29.9 Å². The van der Waals surface area contributed by atoms with Crippen molar-refractivity contribution < 1.29 is 30.9 Å². The van der Waals surface area contributed by atoms with Gasteiger partial charge < -0.3 is 9.30 Å². The topological polar surface area (TPSA) is 81.4 Å². The summed E-state index contributed by atoms with van der Waals surface area (Å²) in [4.78, 5) is 4.04. The summed E-state index contributed by atoms with van der Waals surface area (Å²) in [6.45, 7) is 1.85. The molecule has 0 radical (unpaired) electrons. The maximum atomic E-state index is 14.0. The Hall–Kier alpha value is -2.40. The predicted octanol–water partition coefficient (Wildman–Crippen LogP) is 4.42. The Morgan fingerprint density at radius 1 is 1.10 bits per heavy atom. The molecule has 2 aromatic carbocycles. The predicted molar refractivity (Wildman–Crippen MR) is 107 cm³/mol. The van der Waals surface area contributed by atoms with Gasteiger partial charge in [0.2, 0.25) is 5.03 Å². The highest BCUT2D eigenvalue weighted by Crippen LogP contribution is 2.35. The molecule has 6 nitrogen and oxygen atoms in total. The van der Waals surface area contributed by atoms with Crippen molar-refractivity contribution in [2.75, 3.05) is 7.11 Å². The molecule has 31 heavy (non-hydrogen) atoms. The van der Waals surface area contributed by atoms with E-state index in [1.807, 2.05) is 0 Å². The molecule has 0 aliphatic rings. The maximum absolute atomic E-state index is 14.0. The lowest BCUT2D eigenvalue weighted by molar-refractivity contribution is 0.102. The molecular weight excluding hydrogens is 457 g/mol. The molecule has 3 aromatic rings. The number of hydrogen-bond donors (Lipinski definition) is 1. The first-order valence-electron chi connectivity index (χ1n) is 8.98. The van der Waals surface area contributed by atoms with Crippen LogP contribution in [0.1, 0.15) is 29.8 Å². The number of rotatable bonds is 7. The van der Waals surface area contributed by atoms with Crippen LogP contribution >= 0.6 is 11.6 Å². The van der Waals surface area contributed by atoms with E-state index in [0.29, 0.717) is 5.56 Å². The second kappa shape index (κ2) is 8.99. The second-order valence-electron chi connectivity index (χ2n) is 6.89. The van der Waals surface area contributed by atoms with Gasteiger partial charge in [-0.15, -0.1) is 0 Å². The number of benzene rings is 2. The van der Waals surface area contributed by atoms with Gasteiger partial charge in [-0.2, -0.15) is 8.42 Å². The van der Waals surface area contributed by atoms with Crippen molar-refractivity contribution in [1.82, 2.24) is 9.55 Å². The van der Waals surface area contributed by atoms with Crippen molar-refractivity contribution in [3.05, 3.63) is 82.0 Å². The lowest BCUT2D eigenvalue weighted by atomic mass is 9.90. The van der Waals surface area contributed by atoms with Gasteiger partial charge in [-0.05, 0) is 42.3 Å². The van der Waals surface area contributed by atoms with E-state index >= 15 is 0 Å². The van der Waals surface area contributed by atoms with Crippen molar-refractivity contribution in [2.24, 2.45) is 0 Å². The van der Waals surface area contributed by atoms with Crippen LogP contribution in [0.25, 0.3) is 0 Å². The van der Waals surface area contributed by atoms with E-state index in [0.717, 1.165) is 24.4 Å². The summed E-state index contributed by atoms with van der Waals surface area (Å²) in [5, 5.41) is -0.852. The summed E-state index contributed by atoms with van der Waals surface area (Å²) < 4.78 is 80.9. The molecule has 0 aliphatic carbocycles. The fourth-order valence-electron chi connectivity index (χ4n) is 3.13. The smallest absolute Gasteiger partial charge is 0.313 e. The highest BCUT2D eigenvalue weighted by atomic mass is 35.5. The summed E-state index contributed by atoms with van der Waals surface area (Å²) in [6.07, 6.45) is 0.725. The zero-order valence-corrected chi connectivity index (χ0v) is 18.0. The molecule has 0 saturated carbocycles. The van der Waals surface area contributed by atoms with E-state index < -0.39 is 38.5 Å².